The van der Waals surface area contributed by atoms with E-state index < -0.39 is 0 Å². The van der Waals surface area contributed by atoms with Crippen LogP contribution in [-0.4, -0.2) is 53.8 Å². The molecule has 3 aromatic heterocycles. The van der Waals surface area contributed by atoms with Gasteiger partial charge in [0.1, 0.15) is 11.3 Å². The normalized spacial score (nSPS) is 11.0. The van der Waals surface area contributed by atoms with E-state index in [4.69, 9.17) is 4.98 Å². The molecule has 3 N–H and O–H groups in total. The Hall–Kier alpha value is -4.14. The number of carbonyl (C=O) groups is 1. The number of aromatic hydroxyl groups is 1. The molecular formula is C25H29N7O2. The van der Waals surface area contributed by atoms with E-state index >= 15 is 0 Å². The summed E-state index contributed by atoms with van der Waals surface area (Å²) in [6.07, 6.45) is 3.83. The van der Waals surface area contributed by atoms with E-state index in [1.165, 1.54) is 6.07 Å². The smallest absolute Gasteiger partial charge is 0.253 e. The van der Waals surface area contributed by atoms with Crippen LogP contribution in [0.15, 0.2) is 60.8 Å². The third kappa shape index (κ3) is 5.43. The summed E-state index contributed by atoms with van der Waals surface area (Å²) in [5, 5.41) is 24.7. The summed E-state index contributed by atoms with van der Waals surface area (Å²) in [4.78, 5) is 19.4. The lowest BCUT2D eigenvalue weighted by Gasteiger charge is -2.23. The number of aromatic nitrogens is 5. The van der Waals surface area contributed by atoms with Crippen LogP contribution in [0.3, 0.4) is 0 Å². The predicted octanol–water partition coefficient (Wildman–Crippen LogP) is 4.25. The highest BCUT2D eigenvalue weighted by molar-refractivity contribution is 5.94. The van der Waals surface area contributed by atoms with Gasteiger partial charge in [0.15, 0.2) is 17.5 Å². The lowest BCUT2D eigenvalue weighted by molar-refractivity contribution is 0.0757. The molecular weight excluding hydrogens is 430 g/mol. The van der Waals surface area contributed by atoms with Crippen LogP contribution >= 0.6 is 0 Å². The van der Waals surface area contributed by atoms with Crippen molar-refractivity contribution in [2.75, 3.05) is 18.4 Å². The minimum absolute atomic E-state index is 0.0821. The van der Waals surface area contributed by atoms with Gasteiger partial charge < -0.3 is 15.3 Å². The molecule has 176 valence electrons. The average Bonchev–Trinajstić information content (AvgIpc) is 3.45. The summed E-state index contributed by atoms with van der Waals surface area (Å²) >= 11 is 0. The Morgan fingerprint density at radius 1 is 1.24 bits per heavy atom. The molecule has 1 amide bonds. The van der Waals surface area contributed by atoms with Crippen molar-refractivity contribution in [3.8, 4) is 5.75 Å². The molecule has 34 heavy (non-hydrogen) atoms. The summed E-state index contributed by atoms with van der Waals surface area (Å²) in [5.74, 6) is 1.96. The molecule has 4 aromatic rings. The Morgan fingerprint density at radius 3 is 2.82 bits per heavy atom. The molecule has 0 saturated carbocycles. The van der Waals surface area contributed by atoms with Crippen molar-refractivity contribution < 1.29 is 9.90 Å². The molecule has 0 saturated heterocycles. The highest BCUT2D eigenvalue weighted by Crippen LogP contribution is 2.21. The zero-order valence-corrected chi connectivity index (χ0v) is 19.5. The maximum atomic E-state index is 12.9. The Balaban J connectivity index is 1.44. The van der Waals surface area contributed by atoms with Crippen molar-refractivity contribution in [2.45, 2.75) is 33.1 Å². The quantitative estimate of drug-likeness (QED) is 0.306. The second kappa shape index (κ2) is 10.2. The molecule has 1 aromatic carbocycles. The van der Waals surface area contributed by atoms with Crippen molar-refractivity contribution in [3.63, 3.8) is 0 Å². The minimum Gasteiger partial charge on any atom is -0.508 e. The molecule has 0 unspecified atom stereocenters. The Morgan fingerprint density at radius 2 is 2.09 bits per heavy atom. The highest BCUT2D eigenvalue weighted by atomic mass is 16.3. The molecule has 0 atom stereocenters. The molecule has 9 nitrogen and oxygen atoms in total. The van der Waals surface area contributed by atoms with Gasteiger partial charge >= 0.3 is 0 Å². The third-order valence-corrected chi connectivity index (χ3v) is 5.40. The number of phenolic OH excluding ortho intramolecular Hbond substituents is 1. The van der Waals surface area contributed by atoms with Gasteiger partial charge in [-0.25, -0.2) is 9.50 Å². The number of hydrogen-bond acceptors (Lipinski definition) is 6. The molecule has 0 spiro atoms. The van der Waals surface area contributed by atoms with Crippen molar-refractivity contribution in [1.82, 2.24) is 29.7 Å². The number of H-pyrrole nitrogens is 1. The van der Waals surface area contributed by atoms with Gasteiger partial charge in [-0.15, -0.1) is 0 Å². The largest absolute Gasteiger partial charge is 0.508 e. The van der Waals surface area contributed by atoms with Crippen molar-refractivity contribution >= 4 is 23.1 Å². The number of rotatable bonds is 10. The first-order valence-corrected chi connectivity index (χ1v) is 11.3. The number of hydrogen-bond donors (Lipinski definition) is 3. The van der Waals surface area contributed by atoms with Crippen LogP contribution in [0.1, 0.15) is 41.6 Å². The number of anilines is 2. The van der Waals surface area contributed by atoms with Crippen molar-refractivity contribution in [2.24, 2.45) is 0 Å². The van der Waals surface area contributed by atoms with Crippen LogP contribution in [0.2, 0.25) is 0 Å². The number of aromatic amines is 1. The number of carbonyl (C=O) groups excluding carboxylic acids is 1. The Kier molecular flexibility index (Phi) is 6.91. The molecule has 3 heterocycles. The molecule has 0 radical (unpaired) electrons. The van der Waals surface area contributed by atoms with E-state index in [1.807, 2.05) is 38.2 Å². The van der Waals surface area contributed by atoms with Crippen LogP contribution in [0.4, 0.5) is 11.6 Å². The minimum atomic E-state index is -0.101. The first kappa shape index (κ1) is 23.0. The summed E-state index contributed by atoms with van der Waals surface area (Å²) in [5.41, 5.74) is 3.21. The van der Waals surface area contributed by atoms with Gasteiger partial charge in [-0.2, -0.15) is 10.2 Å². The highest BCUT2D eigenvalue weighted by Gasteiger charge is 2.16. The Bertz CT molecular complexity index is 1310. The fourth-order valence-electron chi connectivity index (χ4n) is 3.76. The van der Waals surface area contributed by atoms with E-state index in [0.717, 1.165) is 23.2 Å². The summed E-state index contributed by atoms with van der Waals surface area (Å²) in [6, 6.07) is 12.2. The van der Waals surface area contributed by atoms with E-state index in [0.29, 0.717) is 49.0 Å². The number of benzene rings is 1. The van der Waals surface area contributed by atoms with Crippen LogP contribution in [-0.2, 0) is 6.42 Å². The summed E-state index contributed by atoms with van der Waals surface area (Å²) < 4.78 is 1.78. The van der Waals surface area contributed by atoms with Gasteiger partial charge in [-0.1, -0.05) is 25.1 Å². The number of amides is 1. The van der Waals surface area contributed by atoms with Gasteiger partial charge in [0, 0.05) is 43.0 Å². The van der Waals surface area contributed by atoms with Crippen LogP contribution in [0, 0.1) is 6.92 Å². The van der Waals surface area contributed by atoms with Crippen LogP contribution in [0.5, 0.6) is 5.75 Å². The number of fused-ring (bicyclic) bond motifs is 1. The van der Waals surface area contributed by atoms with Crippen molar-refractivity contribution in [3.05, 3.63) is 77.9 Å². The molecule has 0 aliphatic heterocycles. The van der Waals surface area contributed by atoms with Gasteiger partial charge in [0.25, 0.3) is 5.91 Å². The lowest BCUT2D eigenvalue weighted by Crippen LogP contribution is -2.33. The van der Waals surface area contributed by atoms with E-state index in [9.17, 15) is 9.90 Å². The van der Waals surface area contributed by atoms with Crippen molar-refractivity contribution in [1.29, 1.82) is 0 Å². The monoisotopic (exact) mass is 459 g/mol. The summed E-state index contributed by atoms with van der Waals surface area (Å²) in [7, 11) is 0. The predicted molar refractivity (Wildman–Crippen MR) is 131 cm³/mol. The first-order chi connectivity index (χ1) is 16.4. The van der Waals surface area contributed by atoms with Gasteiger partial charge in [-0.3, -0.25) is 9.89 Å². The SMILES string of the molecule is C=C(CCN(CCC)C(=O)c1cccc(O)c1)Cc1nc(Nc2cc(C)[nH]n2)c2cccn2n1. The standard InChI is InChI=1S/C25H29N7O2/c1-4-11-31(25(34)19-7-5-8-20(33)16-19)13-10-17(2)14-23-27-24(21-9-6-12-32(21)30-23)26-22-15-18(3)28-29-22/h5-9,12,15-16,33H,2,4,10-11,13-14H2,1,3H3,(H2,26,27,28,29,30). The number of nitrogens with zero attached hydrogens (tertiary/aromatic N) is 5. The fraction of sp³-hybridized carbons (Fsp3) is 0.280. The molecule has 0 aliphatic carbocycles. The average molecular weight is 460 g/mol. The van der Waals surface area contributed by atoms with E-state index in [1.54, 1.807) is 27.6 Å². The Labute approximate surface area is 198 Å². The van der Waals surface area contributed by atoms with Gasteiger partial charge in [-0.05, 0) is 50.1 Å². The zero-order chi connectivity index (χ0) is 24.1. The molecule has 9 heteroatoms. The lowest BCUT2D eigenvalue weighted by atomic mass is 10.1. The molecule has 0 fully saturated rings. The maximum Gasteiger partial charge on any atom is 0.253 e. The molecule has 0 aliphatic rings. The fourth-order valence-corrected chi connectivity index (χ4v) is 3.76. The second-order valence-electron chi connectivity index (χ2n) is 8.30. The second-order valence-corrected chi connectivity index (χ2v) is 8.30. The third-order valence-electron chi connectivity index (χ3n) is 5.40. The number of nitrogens with one attached hydrogen (secondary N) is 2. The number of aryl methyl sites for hydroxylation is 1. The van der Waals surface area contributed by atoms with Crippen LogP contribution < -0.4 is 5.32 Å². The topological polar surface area (TPSA) is 111 Å². The molecule has 4 rings (SSSR count). The number of phenols is 1. The summed E-state index contributed by atoms with van der Waals surface area (Å²) in [6.45, 7) is 9.34. The van der Waals surface area contributed by atoms with Gasteiger partial charge in [0.2, 0.25) is 0 Å². The molecule has 0 bridgehead atoms. The first-order valence-electron chi connectivity index (χ1n) is 11.3. The van der Waals surface area contributed by atoms with Gasteiger partial charge in [0.05, 0.1) is 0 Å². The van der Waals surface area contributed by atoms with Crippen LogP contribution in [0.25, 0.3) is 5.52 Å². The van der Waals surface area contributed by atoms with E-state index in [-0.39, 0.29) is 11.7 Å². The maximum absolute atomic E-state index is 12.9. The zero-order valence-electron chi connectivity index (χ0n) is 19.5. The van der Waals surface area contributed by atoms with E-state index in [2.05, 4.69) is 27.2 Å².